The van der Waals surface area contributed by atoms with E-state index in [-0.39, 0.29) is 12.8 Å². The van der Waals surface area contributed by atoms with Crippen LogP contribution in [0.1, 0.15) is 12.1 Å². The zero-order valence-electron chi connectivity index (χ0n) is 13.1. The Balaban J connectivity index is 2.08. The van der Waals surface area contributed by atoms with Gasteiger partial charge in [0.25, 0.3) is 0 Å². The number of nitrogens with two attached hydrogens (primary N) is 1. The van der Waals surface area contributed by atoms with Gasteiger partial charge in [-0.3, -0.25) is 14.4 Å². The molecular formula is C16H18N4O4. The molecular weight excluding hydrogens is 312 g/mol. The molecule has 1 atom stereocenters. The van der Waals surface area contributed by atoms with Crippen LogP contribution in [-0.4, -0.2) is 35.8 Å². The van der Waals surface area contributed by atoms with Crippen molar-refractivity contribution < 1.29 is 18.8 Å². The predicted molar refractivity (Wildman–Crippen MR) is 85.5 cm³/mol. The number of hydrogen-bond donors (Lipinski definition) is 3. The van der Waals surface area contributed by atoms with E-state index in [4.69, 9.17) is 10.2 Å². The van der Waals surface area contributed by atoms with E-state index in [1.54, 1.807) is 0 Å². The average molecular weight is 330 g/mol. The normalized spacial score (nSPS) is 11.5. The Hall–Kier alpha value is -3.16. The zero-order valence-corrected chi connectivity index (χ0v) is 13.1. The Morgan fingerprint density at radius 1 is 1.25 bits per heavy atom. The molecule has 8 heteroatoms. The minimum Gasteiger partial charge on any atom is -0.443 e. The van der Waals surface area contributed by atoms with Crippen molar-refractivity contribution in [1.82, 2.24) is 15.6 Å². The van der Waals surface area contributed by atoms with Crippen LogP contribution in [0, 0.1) is 0 Å². The van der Waals surface area contributed by atoms with Crippen molar-refractivity contribution in [2.75, 3.05) is 7.05 Å². The summed E-state index contributed by atoms with van der Waals surface area (Å²) in [5.74, 6) is -1.16. The minimum atomic E-state index is -1.02. The summed E-state index contributed by atoms with van der Waals surface area (Å²) >= 11 is 0. The minimum absolute atomic E-state index is 0.0903. The fourth-order valence-electron chi connectivity index (χ4n) is 2.20. The number of hydrogen-bond acceptors (Lipinski definition) is 5. The molecule has 4 N–H and O–H groups in total. The molecule has 1 aromatic carbocycles. The first-order valence-electron chi connectivity index (χ1n) is 7.28. The van der Waals surface area contributed by atoms with Crippen LogP contribution in [-0.2, 0) is 20.8 Å². The molecule has 2 aromatic rings. The largest absolute Gasteiger partial charge is 0.443 e. The van der Waals surface area contributed by atoms with Crippen molar-refractivity contribution in [2.45, 2.75) is 18.9 Å². The number of rotatable bonds is 7. The van der Waals surface area contributed by atoms with Crippen LogP contribution in [0.3, 0.4) is 0 Å². The molecule has 0 bridgehead atoms. The first-order chi connectivity index (χ1) is 11.5. The van der Waals surface area contributed by atoms with E-state index in [0.717, 1.165) is 5.56 Å². The summed E-state index contributed by atoms with van der Waals surface area (Å²) in [5.41, 5.74) is 6.33. The van der Waals surface area contributed by atoms with Gasteiger partial charge in [-0.05, 0) is 0 Å². The first-order valence-corrected chi connectivity index (χ1v) is 7.28. The second kappa shape index (κ2) is 7.91. The molecule has 0 aliphatic rings. The van der Waals surface area contributed by atoms with E-state index in [0.29, 0.717) is 11.5 Å². The summed E-state index contributed by atoms with van der Waals surface area (Å²) in [6.07, 6.45) is 0.882. The monoisotopic (exact) mass is 330 g/mol. The number of aromatic nitrogens is 1. The summed E-state index contributed by atoms with van der Waals surface area (Å²) in [6.45, 7) is 0. The Morgan fingerprint density at radius 3 is 2.58 bits per heavy atom. The number of benzene rings is 1. The van der Waals surface area contributed by atoms with Gasteiger partial charge >= 0.3 is 0 Å². The maximum atomic E-state index is 12.2. The van der Waals surface area contributed by atoms with Crippen molar-refractivity contribution in [3.05, 3.63) is 42.4 Å². The smallest absolute Gasteiger partial charge is 0.242 e. The van der Waals surface area contributed by atoms with Crippen LogP contribution < -0.4 is 16.4 Å². The number of carbonyl (C=O) groups excluding carboxylic acids is 3. The third-order valence-electron chi connectivity index (χ3n) is 3.31. The summed E-state index contributed by atoms with van der Waals surface area (Å²) in [6, 6.07) is 8.20. The fourth-order valence-corrected chi connectivity index (χ4v) is 2.20. The van der Waals surface area contributed by atoms with Gasteiger partial charge in [-0.2, -0.15) is 0 Å². The molecule has 0 aliphatic heterocycles. The molecule has 0 fully saturated rings. The molecule has 0 radical (unpaired) electrons. The number of nitrogens with zero attached hydrogens (tertiary/aromatic N) is 1. The third kappa shape index (κ3) is 4.42. The number of oxazole rings is 1. The lowest BCUT2D eigenvalue weighted by atomic mass is 10.1. The highest BCUT2D eigenvalue weighted by molar-refractivity contribution is 5.92. The van der Waals surface area contributed by atoms with Crippen LogP contribution in [0.2, 0.25) is 0 Å². The summed E-state index contributed by atoms with van der Waals surface area (Å²) in [5, 5.41) is 4.86. The number of nitrogens with one attached hydrogen (secondary N) is 2. The molecule has 24 heavy (non-hydrogen) atoms. The lowest BCUT2D eigenvalue weighted by Gasteiger charge is -2.15. The Labute approximate surface area is 138 Å². The highest BCUT2D eigenvalue weighted by Gasteiger charge is 2.23. The van der Waals surface area contributed by atoms with E-state index in [2.05, 4.69) is 15.6 Å². The SMILES string of the molecule is CNC(=O)[C@H](CC(N)=O)NC(=O)Cc1ncoc1-c1ccccc1. The highest BCUT2D eigenvalue weighted by Crippen LogP contribution is 2.22. The van der Waals surface area contributed by atoms with Gasteiger partial charge in [-0.15, -0.1) is 0 Å². The molecule has 3 amide bonds. The third-order valence-corrected chi connectivity index (χ3v) is 3.31. The van der Waals surface area contributed by atoms with Crippen LogP contribution >= 0.6 is 0 Å². The average Bonchev–Trinajstić information content (AvgIpc) is 3.01. The van der Waals surface area contributed by atoms with E-state index >= 15 is 0 Å². The number of primary amides is 1. The van der Waals surface area contributed by atoms with Crippen LogP contribution in [0.25, 0.3) is 11.3 Å². The van der Waals surface area contributed by atoms with Gasteiger partial charge in [0.1, 0.15) is 6.04 Å². The summed E-state index contributed by atoms with van der Waals surface area (Å²) in [4.78, 5) is 39.0. The molecule has 8 nitrogen and oxygen atoms in total. The molecule has 2 rings (SSSR count). The fraction of sp³-hybridized carbons (Fsp3) is 0.250. The second-order valence-electron chi connectivity index (χ2n) is 5.08. The number of likely N-dealkylation sites (N-methyl/N-ethyl adjacent to an activating group) is 1. The van der Waals surface area contributed by atoms with Crippen molar-refractivity contribution in [1.29, 1.82) is 0 Å². The lowest BCUT2D eigenvalue weighted by Crippen LogP contribution is -2.48. The molecule has 1 heterocycles. The van der Waals surface area contributed by atoms with Gasteiger partial charge in [-0.25, -0.2) is 4.98 Å². The Kier molecular flexibility index (Phi) is 5.67. The van der Waals surface area contributed by atoms with Crippen molar-refractivity contribution in [3.8, 4) is 11.3 Å². The maximum absolute atomic E-state index is 12.2. The highest BCUT2D eigenvalue weighted by atomic mass is 16.3. The second-order valence-corrected chi connectivity index (χ2v) is 5.08. The van der Waals surface area contributed by atoms with Crippen molar-refractivity contribution in [3.63, 3.8) is 0 Å². The van der Waals surface area contributed by atoms with Gasteiger partial charge in [0.05, 0.1) is 18.5 Å². The Bertz CT molecular complexity index is 727. The van der Waals surface area contributed by atoms with E-state index in [1.165, 1.54) is 13.4 Å². The van der Waals surface area contributed by atoms with Gasteiger partial charge in [0.2, 0.25) is 17.7 Å². The molecule has 0 spiro atoms. The van der Waals surface area contributed by atoms with Crippen LogP contribution in [0.15, 0.2) is 41.1 Å². The van der Waals surface area contributed by atoms with Crippen LogP contribution in [0.5, 0.6) is 0 Å². The van der Waals surface area contributed by atoms with Gasteiger partial charge in [0.15, 0.2) is 12.2 Å². The van der Waals surface area contributed by atoms with E-state index < -0.39 is 23.8 Å². The van der Waals surface area contributed by atoms with Gasteiger partial charge in [0, 0.05) is 12.6 Å². The Morgan fingerprint density at radius 2 is 1.96 bits per heavy atom. The lowest BCUT2D eigenvalue weighted by molar-refractivity contribution is -0.130. The van der Waals surface area contributed by atoms with Gasteiger partial charge < -0.3 is 20.8 Å². The first kappa shape index (κ1) is 17.2. The van der Waals surface area contributed by atoms with Crippen LogP contribution in [0.4, 0.5) is 0 Å². The van der Waals surface area contributed by atoms with E-state index in [1.807, 2.05) is 30.3 Å². The predicted octanol–water partition coefficient (Wildman–Crippen LogP) is -0.00970. The maximum Gasteiger partial charge on any atom is 0.242 e. The quantitative estimate of drug-likeness (QED) is 0.658. The van der Waals surface area contributed by atoms with E-state index in [9.17, 15) is 14.4 Å². The number of amides is 3. The van der Waals surface area contributed by atoms with Crippen molar-refractivity contribution in [2.24, 2.45) is 5.73 Å². The number of carbonyl (C=O) groups is 3. The molecule has 126 valence electrons. The molecule has 0 aliphatic carbocycles. The topological polar surface area (TPSA) is 127 Å². The zero-order chi connectivity index (χ0) is 17.5. The molecule has 0 unspecified atom stereocenters. The standard InChI is InChI=1S/C16H18N4O4/c1-18-16(23)12(7-13(17)21)20-14(22)8-11-15(24-9-19-11)10-5-3-2-4-6-10/h2-6,9,12H,7-8H2,1H3,(H2,17,21)(H,18,23)(H,20,22)/t12-/m0/s1. The summed E-state index contributed by atoms with van der Waals surface area (Å²) < 4.78 is 5.35. The summed E-state index contributed by atoms with van der Waals surface area (Å²) in [7, 11) is 1.41. The molecule has 1 aromatic heterocycles. The van der Waals surface area contributed by atoms with Gasteiger partial charge in [-0.1, -0.05) is 30.3 Å². The molecule has 0 saturated carbocycles. The van der Waals surface area contributed by atoms with Crippen molar-refractivity contribution >= 4 is 17.7 Å². The molecule has 0 saturated heterocycles.